The number of rotatable bonds is 6. The maximum atomic E-state index is 11.9. The molecule has 2 aromatic carbocycles. The van der Waals surface area contributed by atoms with Crippen molar-refractivity contribution in [3.63, 3.8) is 0 Å². The lowest BCUT2D eigenvalue weighted by molar-refractivity contribution is -0.383. The smallest absolute Gasteiger partial charge is 0.338 e. The predicted molar refractivity (Wildman–Crippen MR) is 95.8 cm³/mol. The first-order valence-corrected chi connectivity index (χ1v) is 7.91. The lowest BCUT2D eigenvalue weighted by Crippen LogP contribution is -2.31. The van der Waals surface area contributed by atoms with Gasteiger partial charge in [0.15, 0.2) is 6.61 Å². The molecule has 0 spiro atoms. The lowest BCUT2D eigenvalue weighted by Gasteiger charge is -2.14. The number of esters is 1. The maximum absolute atomic E-state index is 11.9. The van der Waals surface area contributed by atoms with Crippen LogP contribution in [0.5, 0.6) is 0 Å². The summed E-state index contributed by atoms with van der Waals surface area (Å²) in [4.78, 5) is 34.0. The topological polar surface area (TPSA) is 125 Å². The Hall–Kier alpha value is -3.13. The molecule has 136 valence electrons. The number of carbonyl (C=O) groups excluding carboxylic acids is 2. The first kappa shape index (κ1) is 19.2. The van der Waals surface area contributed by atoms with Crippen LogP contribution in [-0.2, 0) is 9.53 Å². The van der Waals surface area contributed by atoms with Gasteiger partial charge < -0.3 is 15.8 Å². The highest BCUT2D eigenvalue weighted by Gasteiger charge is 2.18. The number of nitro benzene ring substituents is 1. The van der Waals surface area contributed by atoms with Crippen molar-refractivity contribution >= 4 is 34.9 Å². The molecular weight excluding hydrogens is 362 g/mol. The summed E-state index contributed by atoms with van der Waals surface area (Å²) in [6.45, 7) is 1.25. The van der Waals surface area contributed by atoms with Crippen molar-refractivity contribution in [2.45, 2.75) is 13.0 Å². The Morgan fingerprint density at radius 2 is 1.92 bits per heavy atom. The Balaban J connectivity index is 1.92. The zero-order valence-corrected chi connectivity index (χ0v) is 14.5. The minimum atomic E-state index is -0.859. The van der Waals surface area contributed by atoms with Gasteiger partial charge in [0.25, 0.3) is 11.6 Å². The van der Waals surface area contributed by atoms with Gasteiger partial charge in [-0.3, -0.25) is 14.9 Å². The fourth-order valence-electron chi connectivity index (χ4n) is 2.16. The molecule has 0 aromatic heterocycles. The molecule has 0 fully saturated rings. The third kappa shape index (κ3) is 4.93. The molecule has 0 saturated heterocycles. The summed E-state index contributed by atoms with van der Waals surface area (Å²) in [6.07, 6.45) is 0. The van der Waals surface area contributed by atoms with Crippen molar-refractivity contribution in [3.8, 4) is 0 Å². The lowest BCUT2D eigenvalue weighted by atomic mass is 10.1. The minimum absolute atomic E-state index is 0.0653. The van der Waals surface area contributed by atoms with Crippen LogP contribution in [0.1, 0.15) is 28.9 Å². The molecule has 26 heavy (non-hydrogen) atoms. The van der Waals surface area contributed by atoms with Gasteiger partial charge in [0.05, 0.1) is 16.5 Å². The second-order valence-corrected chi connectivity index (χ2v) is 5.88. The SMILES string of the molecule is C[C@H](NC(=O)COC(=O)c1ccc(N)c([N+](=O)[O-])c1)c1ccc(Cl)cc1. The molecule has 1 amide bonds. The maximum Gasteiger partial charge on any atom is 0.338 e. The standard InChI is InChI=1S/C17H16ClN3O5/c1-10(11-2-5-13(18)6-3-11)20-16(22)9-26-17(23)12-4-7-14(19)15(8-12)21(24)25/h2-8,10H,9,19H2,1H3,(H,20,22)/t10-/m0/s1. The van der Waals surface area contributed by atoms with Gasteiger partial charge in [-0.1, -0.05) is 23.7 Å². The van der Waals surface area contributed by atoms with E-state index in [0.717, 1.165) is 11.6 Å². The number of carbonyl (C=O) groups is 2. The van der Waals surface area contributed by atoms with Crippen molar-refractivity contribution < 1.29 is 19.2 Å². The van der Waals surface area contributed by atoms with Crippen molar-refractivity contribution in [2.75, 3.05) is 12.3 Å². The quantitative estimate of drug-likeness (QED) is 0.345. The van der Waals surface area contributed by atoms with Gasteiger partial charge in [-0.2, -0.15) is 0 Å². The average molecular weight is 378 g/mol. The number of nitrogen functional groups attached to an aromatic ring is 1. The van der Waals surface area contributed by atoms with E-state index in [9.17, 15) is 19.7 Å². The molecule has 0 radical (unpaired) electrons. The Morgan fingerprint density at radius 1 is 1.27 bits per heavy atom. The van der Waals surface area contributed by atoms with E-state index in [-0.39, 0.29) is 17.3 Å². The number of hydrogen-bond acceptors (Lipinski definition) is 6. The van der Waals surface area contributed by atoms with Crippen molar-refractivity contribution in [1.29, 1.82) is 0 Å². The van der Waals surface area contributed by atoms with Crippen LogP contribution in [0.4, 0.5) is 11.4 Å². The van der Waals surface area contributed by atoms with Crippen LogP contribution in [0, 0.1) is 10.1 Å². The van der Waals surface area contributed by atoms with E-state index in [2.05, 4.69) is 5.32 Å². The number of benzene rings is 2. The second-order valence-electron chi connectivity index (χ2n) is 5.45. The monoisotopic (exact) mass is 377 g/mol. The van der Waals surface area contributed by atoms with Gasteiger partial charge >= 0.3 is 5.97 Å². The van der Waals surface area contributed by atoms with Crippen LogP contribution in [0.25, 0.3) is 0 Å². The molecule has 2 aromatic rings. The highest BCUT2D eigenvalue weighted by atomic mass is 35.5. The molecule has 2 rings (SSSR count). The number of hydrogen-bond donors (Lipinski definition) is 2. The van der Waals surface area contributed by atoms with Gasteiger partial charge in [-0.15, -0.1) is 0 Å². The van der Waals surface area contributed by atoms with Crippen LogP contribution >= 0.6 is 11.6 Å². The van der Waals surface area contributed by atoms with Crippen LogP contribution in [0.3, 0.4) is 0 Å². The van der Waals surface area contributed by atoms with Gasteiger partial charge in [0, 0.05) is 11.1 Å². The molecule has 0 saturated carbocycles. The number of amides is 1. The first-order chi connectivity index (χ1) is 12.3. The summed E-state index contributed by atoms with van der Waals surface area (Å²) >= 11 is 5.81. The average Bonchev–Trinajstić information content (AvgIpc) is 2.60. The van der Waals surface area contributed by atoms with Crippen LogP contribution in [0.15, 0.2) is 42.5 Å². The molecule has 8 nitrogen and oxygen atoms in total. The largest absolute Gasteiger partial charge is 0.452 e. The zero-order valence-electron chi connectivity index (χ0n) is 13.8. The van der Waals surface area contributed by atoms with Crippen molar-refractivity contribution in [3.05, 3.63) is 68.7 Å². The van der Waals surface area contributed by atoms with Gasteiger partial charge in [-0.05, 0) is 36.8 Å². The van der Waals surface area contributed by atoms with E-state index in [0.29, 0.717) is 5.02 Å². The van der Waals surface area contributed by atoms with Crippen LogP contribution < -0.4 is 11.1 Å². The Labute approximate surface area is 154 Å². The summed E-state index contributed by atoms with van der Waals surface area (Å²) < 4.78 is 4.88. The fraction of sp³-hybridized carbons (Fsp3) is 0.176. The minimum Gasteiger partial charge on any atom is -0.452 e. The first-order valence-electron chi connectivity index (χ1n) is 7.54. The summed E-state index contributed by atoms with van der Waals surface area (Å²) in [6, 6.07) is 10.2. The highest BCUT2D eigenvalue weighted by Crippen LogP contribution is 2.22. The van der Waals surface area contributed by atoms with E-state index in [1.807, 2.05) is 0 Å². The molecule has 0 aliphatic carbocycles. The molecule has 0 unspecified atom stereocenters. The Bertz CT molecular complexity index is 839. The van der Waals surface area contributed by atoms with Crippen LogP contribution in [0.2, 0.25) is 5.02 Å². The number of nitrogens with zero attached hydrogens (tertiary/aromatic N) is 1. The van der Waals surface area contributed by atoms with Gasteiger partial charge in [-0.25, -0.2) is 4.79 Å². The molecular formula is C17H16ClN3O5. The molecule has 0 aliphatic rings. The van der Waals surface area contributed by atoms with E-state index >= 15 is 0 Å². The van der Waals surface area contributed by atoms with E-state index < -0.39 is 29.1 Å². The van der Waals surface area contributed by atoms with E-state index in [1.165, 1.54) is 12.1 Å². The fourth-order valence-corrected chi connectivity index (χ4v) is 2.29. The number of ether oxygens (including phenoxy) is 1. The van der Waals surface area contributed by atoms with Crippen LogP contribution in [-0.4, -0.2) is 23.4 Å². The normalized spacial score (nSPS) is 11.5. The molecule has 3 N–H and O–H groups in total. The third-order valence-corrected chi connectivity index (χ3v) is 3.80. The Morgan fingerprint density at radius 3 is 2.54 bits per heavy atom. The summed E-state index contributed by atoms with van der Waals surface area (Å²) in [5.74, 6) is -1.37. The molecule has 0 aliphatic heterocycles. The molecule has 0 bridgehead atoms. The van der Waals surface area contributed by atoms with E-state index in [1.54, 1.807) is 31.2 Å². The van der Waals surface area contributed by atoms with Gasteiger partial charge in [0.2, 0.25) is 0 Å². The highest BCUT2D eigenvalue weighted by molar-refractivity contribution is 6.30. The Kier molecular flexibility index (Phi) is 6.13. The number of halogens is 1. The molecule has 1 atom stereocenters. The summed E-state index contributed by atoms with van der Waals surface area (Å²) in [7, 11) is 0. The summed E-state index contributed by atoms with van der Waals surface area (Å²) in [5, 5.41) is 14.1. The number of nitro groups is 1. The number of nitrogens with two attached hydrogens (primary N) is 1. The third-order valence-electron chi connectivity index (χ3n) is 3.54. The number of anilines is 1. The van der Waals surface area contributed by atoms with E-state index in [4.69, 9.17) is 22.1 Å². The van der Waals surface area contributed by atoms with Crippen molar-refractivity contribution in [1.82, 2.24) is 5.32 Å². The molecule has 0 heterocycles. The number of nitrogens with one attached hydrogen (secondary N) is 1. The zero-order chi connectivity index (χ0) is 19.3. The summed E-state index contributed by atoms with van der Waals surface area (Å²) in [5.41, 5.74) is 5.77. The molecule has 9 heteroatoms. The second kappa shape index (κ2) is 8.30. The predicted octanol–water partition coefficient (Wildman–Crippen LogP) is 2.86. The van der Waals surface area contributed by atoms with Gasteiger partial charge in [0.1, 0.15) is 5.69 Å². The van der Waals surface area contributed by atoms with Crippen molar-refractivity contribution in [2.24, 2.45) is 0 Å².